The maximum atomic E-state index is 15.5. The van der Waals surface area contributed by atoms with Crippen LogP contribution in [0.4, 0.5) is 8.78 Å². The van der Waals surface area contributed by atoms with Crippen molar-refractivity contribution >= 4 is 17.0 Å². The standard InChI is InChI=1S/C32H24F2N4O4/c1-19-5-6-23(25(33)11-19)16-42-31-4-2-3-27(37-31)21-8-7-20(26(34)12-21)14-30-36-28-10-9-22(32(39)40)13-29(28)38(30)15-24-17-41-18-35-24/h2-13,17-18H,14-16H2,1H3,(H,39,40). The van der Waals surface area contributed by atoms with E-state index in [0.29, 0.717) is 50.8 Å². The molecule has 3 aromatic carbocycles. The van der Waals surface area contributed by atoms with Gasteiger partial charge in [-0.3, -0.25) is 0 Å². The first-order valence-corrected chi connectivity index (χ1v) is 13.1. The molecule has 1 N–H and O–H groups in total. The molecule has 0 aliphatic heterocycles. The van der Waals surface area contributed by atoms with E-state index in [1.807, 2.05) is 17.6 Å². The number of rotatable bonds is 9. The highest BCUT2D eigenvalue weighted by molar-refractivity contribution is 5.92. The lowest BCUT2D eigenvalue weighted by molar-refractivity contribution is 0.0697. The first-order valence-electron chi connectivity index (χ1n) is 13.1. The van der Waals surface area contributed by atoms with E-state index in [2.05, 4.69) is 15.0 Å². The summed E-state index contributed by atoms with van der Waals surface area (Å²) in [7, 11) is 0. The molecule has 8 nitrogen and oxygen atoms in total. The van der Waals surface area contributed by atoms with Crippen molar-refractivity contribution < 1.29 is 27.8 Å². The minimum Gasteiger partial charge on any atom is -0.478 e. The second kappa shape index (κ2) is 11.2. The molecule has 6 rings (SSSR count). The van der Waals surface area contributed by atoms with Gasteiger partial charge in [0.25, 0.3) is 0 Å². The van der Waals surface area contributed by atoms with Gasteiger partial charge in [0.05, 0.1) is 34.5 Å². The van der Waals surface area contributed by atoms with Crippen LogP contribution in [0.5, 0.6) is 5.88 Å². The van der Waals surface area contributed by atoms with Crippen LogP contribution < -0.4 is 4.74 Å². The highest BCUT2D eigenvalue weighted by Gasteiger charge is 2.17. The molecule has 42 heavy (non-hydrogen) atoms. The fraction of sp³-hybridized carbons (Fsp3) is 0.125. The van der Waals surface area contributed by atoms with E-state index in [4.69, 9.17) is 9.15 Å². The van der Waals surface area contributed by atoms with Crippen LogP contribution >= 0.6 is 0 Å². The number of nitrogens with zero attached hydrogens (tertiary/aromatic N) is 4. The number of imidazole rings is 1. The minimum atomic E-state index is -1.06. The summed E-state index contributed by atoms with van der Waals surface area (Å²) in [5, 5.41) is 9.47. The molecule has 0 fully saturated rings. The molecular weight excluding hydrogens is 542 g/mol. The van der Waals surface area contributed by atoms with Crippen LogP contribution in [0.15, 0.2) is 89.9 Å². The highest BCUT2D eigenvalue weighted by Crippen LogP contribution is 2.26. The summed E-state index contributed by atoms with van der Waals surface area (Å²) < 4.78 is 42.3. The zero-order valence-electron chi connectivity index (χ0n) is 22.4. The fourth-order valence-corrected chi connectivity index (χ4v) is 4.69. The smallest absolute Gasteiger partial charge is 0.335 e. The Balaban J connectivity index is 1.26. The molecule has 0 spiro atoms. The first-order chi connectivity index (χ1) is 20.3. The van der Waals surface area contributed by atoms with E-state index in [1.165, 1.54) is 30.9 Å². The Morgan fingerprint density at radius 1 is 0.976 bits per heavy atom. The van der Waals surface area contributed by atoms with Crippen LogP contribution in [-0.4, -0.2) is 30.6 Å². The number of hydrogen-bond acceptors (Lipinski definition) is 6. The average molecular weight is 567 g/mol. The molecular formula is C32H24F2N4O4. The van der Waals surface area contributed by atoms with E-state index in [9.17, 15) is 14.3 Å². The number of aromatic carboxylic acids is 1. The Morgan fingerprint density at radius 2 is 1.81 bits per heavy atom. The maximum absolute atomic E-state index is 15.5. The molecule has 0 bridgehead atoms. The zero-order chi connectivity index (χ0) is 29.2. The predicted molar refractivity (Wildman–Crippen MR) is 150 cm³/mol. The van der Waals surface area contributed by atoms with E-state index in [0.717, 1.165) is 5.56 Å². The van der Waals surface area contributed by atoms with Gasteiger partial charge in [0.2, 0.25) is 5.88 Å². The Kier molecular flexibility index (Phi) is 7.18. The van der Waals surface area contributed by atoms with Gasteiger partial charge in [0, 0.05) is 23.6 Å². The summed E-state index contributed by atoms with van der Waals surface area (Å²) in [5.41, 5.74) is 4.60. The van der Waals surface area contributed by atoms with Gasteiger partial charge in [-0.15, -0.1) is 0 Å². The third-order valence-electron chi connectivity index (χ3n) is 6.88. The van der Waals surface area contributed by atoms with E-state index >= 15 is 4.39 Å². The van der Waals surface area contributed by atoms with Gasteiger partial charge in [-0.05, 0) is 54.4 Å². The quantitative estimate of drug-likeness (QED) is 0.211. The van der Waals surface area contributed by atoms with Crippen molar-refractivity contribution in [2.24, 2.45) is 0 Å². The molecule has 0 saturated heterocycles. The van der Waals surface area contributed by atoms with Crippen LogP contribution in [0.3, 0.4) is 0 Å². The van der Waals surface area contributed by atoms with Crippen molar-refractivity contribution in [3.05, 3.63) is 131 Å². The third-order valence-corrected chi connectivity index (χ3v) is 6.88. The van der Waals surface area contributed by atoms with Gasteiger partial charge < -0.3 is 18.8 Å². The lowest BCUT2D eigenvalue weighted by Crippen LogP contribution is -2.07. The number of carbonyl (C=O) groups is 1. The maximum Gasteiger partial charge on any atom is 0.335 e. The molecule has 3 aromatic heterocycles. The number of hydrogen-bond donors (Lipinski definition) is 1. The summed E-state index contributed by atoms with van der Waals surface area (Å²) in [5.74, 6) is -1.02. The largest absolute Gasteiger partial charge is 0.478 e. The summed E-state index contributed by atoms with van der Waals surface area (Å²) in [6.45, 7) is 2.10. The van der Waals surface area contributed by atoms with Crippen molar-refractivity contribution in [3.63, 3.8) is 0 Å². The number of aryl methyl sites for hydroxylation is 1. The molecule has 0 amide bonds. The van der Waals surface area contributed by atoms with Gasteiger partial charge in [-0.2, -0.15) is 0 Å². The van der Waals surface area contributed by atoms with E-state index < -0.39 is 11.8 Å². The molecule has 0 atom stereocenters. The molecule has 0 radical (unpaired) electrons. The van der Waals surface area contributed by atoms with Crippen LogP contribution in [0.25, 0.3) is 22.3 Å². The summed E-state index contributed by atoms with van der Waals surface area (Å²) >= 11 is 0. The lowest BCUT2D eigenvalue weighted by atomic mass is 10.1. The fourth-order valence-electron chi connectivity index (χ4n) is 4.69. The topological polar surface area (TPSA) is 103 Å². The number of carboxylic acids is 1. The van der Waals surface area contributed by atoms with Crippen molar-refractivity contribution in [1.82, 2.24) is 19.5 Å². The number of halogens is 2. The lowest BCUT2D eigenvalue weighted by Gasteiger charge is -2.11. The Bertz CT molecular complexity index is 1920. The zero-order valence-corrected chi connectivity index (χ0v) is 22.4. The van der Waals surface area contributed by atoms with Crippen molar-refractivity contribution in [2.75, 3.05) is 0 Å². The minimum absolute atomic E-state index is 0.0131. The average Bonchev–Trinajstić information content (AvgIpc) is 3.61. The second-order valence-corrected chi connectivity index (χ2v) is 9.83. The number of pyridine rings is 1. The monoisotopic (exact) mass is 566 g/mol. The first kappa shape index (κ1) is 26.8. The van der Waals surface area contributed by atoms with Gasteiger partial charge in [0.15, 0.2) is 6.39 Å². The van der Waals surface area contributed by atoms with Gasteiger partial charge in [0.1, 0.15) is 30.3 Å². The van der Waals surface area contributed by atoms with Crippen molar-refractivity contribution in [2.45, 2.75) is 26.5 Å². The van der Waals surface area contributed by atoms with Gasteiger partial charge >= 0.3 is 5.97 Å². The SMILES string of the molecule is Cc1ccc(COc2cccc(-c3ccc(Cc4nc5ccc(C(=O)O)cc5n4Cc4cocn4)c(F)c3)n2)c(F)c1. The molecule has 0 aliphatic carbocycles. The summed E-state index contributed by atoms with van der Waals surface area (Å²) in [6.07, 6.45) is 2.96. The molecule has 0 saturated carbocycles. The molecule has 0 unspecified atom stereocenters. The van der Waals surface area contributed by atoms with Crippen LogP contribution in [0.1, 0.15) is 38.6 Å². The Morgan fingerprint density at radius 3 is 2.57 bits per heavy atom. The van der Waals surface area contributed by atoms with Crippen LogP contribution in [-0.2, 0) is 19.6 Å². The van der Waals surface area contributed by atoms with Crippen LogP contribution in [0, 0.1) is 18.6 Å². The molecule has 210 valence electrons. The van der Waals surface area contributed by atoms with Crippen molar-refractivity contribution in [1.29, 1.82) is 0 Å². The summed E-state index contributed by atoms with van der Waals surface area (Å²) in [4.78, 5) is 24.9. The van der Waals surface area contributed by atoms with E-state index in [-0.39, 0.29) is 31.0 Å². The number of ether oxygens (including phenoxy) is 1. The molecule has 10 heteroatoms. The van der Waals surface area contributed by atoms with Crippen LogP contribution in [0.2, 0.25) is 0 Å². The second-order valence-electron chi connectivity index (χ2n) is 9.83. The number of oxazole rings is 1. The summed E-state index contributed by atoms with van der Waals surface area (Å²) in [6, 6.07) is 19.6. The number of fused-ring (bicyclic) bond motifs is 1. The van der Waals surface area contributed by atoms with Gasteiger partial charge in [-0.25, -0.2) is 28.5 Å². The number of carboxylic acid groups (broad SMARTS) is 1. The predicted octanol–water partition coefficient (Wildman–Crippen LogP) is 6.59. The molecule has 6 aromatic rings. The van der Waals surface area contributed by atoms with E-state index in [1.54, 1.807) is 48.5 Å². The third kappa shape index (κ3) is 5.60. The number of aromatic nitrogens is 4. The normalized spacial score (nSPS) is 11.2. The molecule has 0 aliphatic rings. The number of benzene rings is 3. The van der Waals surface area contributed by atoms with Crippen molar-refractivity contribution in [3.8, 4) is 17.1 Å². The Hall–Kier alpha value is -5.38. The van der Waals surface area contributed by atoms with Gasteiger partial charge in [-0.1, -0.05) is 30.3 Å². The Labute approximate surface area is 238 Å². The highest BCUT2D eigenvalue weighted by atomic mass is 19.1. The molecule has 3 heterocycles.